The number of aliphatic hydroxyl groups is 1. The number of piperazine rings is 1. The van der Waals surface area contributed by atoms with E-state index in [1.165, 1.54) is 17.0 Å². The van der Waals surface area contributed by atoms with Gasteiger partial charge in [0.1, 0.15) is 17.9 Å². The Kier molecular flexibility index (Phi) is 16.2. The average Bonchev–Trinajstić information content (AvgIpc) is 3.92. The van der Waals surface area contributed by atoms with Gasteiger partial charge in [0.2, 0.25) is 29.5 Å². The van der Waals surface area contributed by atoms with E-state index in [4.69, 9.17) is 4.98 Å². The van der Waals surface area contributed by atoms with Crippen LogP contribution in [0.1, 0.15) is 98.9 Å². The molecule has 0 unspecified atom stereocenters. The van der Waals surface area contributed by atoms with Gasteiger partial charge in [0.15, 0.2) is 11.5 Å². The van der Waals surface area contributed by atoms with Crippen LogP contribution >= 0.6 is 11.3 Å². The van der Waals surface area contributed by atoms with E-state index in [1.807, 2.05) is 67.5 Å². The second kappa shape index (κ2) is 23.4. The molecule has 4 aromatic heterocycles. The van der Waals surface area contributed by atoms with Crippen molar-refractivity contribution in [1.82, 2.24) is 65.1 Å². The number of thiazole rings is 1. The normalized spacial score (nSPS) is 18.6. The molecule has 23 heteroatoms. The first-order valence-corrected chi connectivity index (χ1v) is 27.9. The number of fused-ring (bicyclic) bond motifs is 1. The lowest BCUT2D eigenvalue weighted by Gasteiger charge is -2.36. The number of halogens is 1. The van der Waals surface area contributed by atoms with Gasteiger partial charge in [-0.15, -0.1) is 11.3 Å². The molecule has 416 valence electrons. The molecule has 4 aliphatic rings. The molecule has 1 saturated carbocycles. The van der Waals surface area contributed by atoms with Crippen LogP contribution in [0.5, 0.6) is 0 Å². The number of nitrogens with zero attached hydrogens (tertiary/aromatic N) is 9. The molecule has 6 aromatic rings. The predicted molar refractivity (Wildman–Crippen MR) is 293 cm³/mol. The number of hydrogen-bond acceptors (Lipinski definition) is 14. The number of anilines is 2. The number of likely N-dealkylation sites (tertiary alicyclic amines) is 2. The lowest BCUT2D eigenvalue weighted by Crippen LogP contribution is -2.57. The Bertz CT molecular complexity index is 3210. The maximum absolute atomic E-state index is 15.7. The zero-order valence-corrected chi connectivity index (χ0v) is 45.7. The number of aliphatic hydroxyl groups excluding tert-OH is 1. The quantitative estimate of drug-likeness (QED) is 0.0721. The smallest absolute Gasteiger partial charge is 0.254 e. The van der Waals surface area contributed by atoms with Crippen molar-refractivity contribution in [1.29, 1.82) is 0 Å². The summed E-state index contributed by atoms with van der Waals surface area (Å²) in [5.41, 5.74) is 7.37. The summed E-state index contributed by atoms with van der Waals surface area (Å²) in [5.74, 6) is -1.91. The van der Waals surface area contributed by atoms with Gasteiger partial charge >= 0.3 is 0 Å². The Morgan fingerprint density at radius 2 is 1.65 bits per heavy atom. The lowest BCUT2D eigenvalue weighted by atomic mass is 9.85. The second-order valence-corrected chi connectivity index (χ2v) is 23.0. The predicted octanol–water partition coefficient (Wildman–Crippen LogP) is 4.77. The minimum Gasteiger partial charge on any atom is -0.391 e. The minimum absolute atomic E-state index is 0.0565. The number of aromatic nitrogens is 6. The minimum atomic E-state index is -1.03. The zero-order chi connectivity index (χ0) is 55.5. The Balaban J connectivity index is 0.636. The van der Waals surface area contributed by atoms with E-state index in [-0.39, 0.29) is 73.9 Å². The average molecular weight is 1100 g/mol. The molecule has 0 radical (unpaired) electrons. The SMILES string of the molecule is Cc1ncsc1-c1ccc(CNC(=O)[C@@H]2C[C@@H](O)CN2C(=O)[C@@H](NC(=O)CCC(=O)N2CCC(NC(=O)CN3CCN(C(=O)c4ccc(Nc5nc(C6CC6)cn6c(-c7cn[nH]c7)cnc56)c(F)c4)CC3)CC2)C(C)(C)C)cc1. The van der Waals surface area contributed by atoms with E-state index in [9.17, 15) is 33.9 Å². The molecule has 2 aromatic carbocycles. The molecule has 6 N–H and O–H groups in total. The second-order valence-electron chi connectivity index (χ2n) is 22.2. The molecular formula is C56H67FN14O7S. The van der Waals surface area contributed by atoms with Gasteiger partial charge in [-0.1, -0.05) is 45.0 Å². The number of imidazole rings is 1. The molecule has 10 rings (SSSR count). The van der Waals surface area contributed by atoms with Crippen LogP contribution in [-0.4, -0.2) is 166 Å². The van der Waals surface area contributed by atoms with E-state index in [0.29, 0.717) is 69.5 Å². The molecule has 3 atom stereocenters. The number of aryl methyl sites for hydroxylation is 1. The first-order valence-electron chi connectivity index (χ1n) is 27.0. The summed E-state index contributed by atoms with van der Waals surface area (Å²) in [7, 11) is 0. The number of nitrogens with one attached hydrogen (secondary N) is 5. The summed E-state index contributed by atoms with van der Waals surface area (Å²) < 4.78 is 17.7. The lowest BCUT2D eigenvalue weighted by molar-refractivity contribution is -0.144. The molecule has 6 amide bonds. The van der Waals surface area contributed by atoms with Crippen LogP contribution in [-0.2, 0) is 30.5 Å². The number of carbonyl (C=O) groups is 6. The van der Waals surface area contributed by atoms with Crippen LogP contribution in [0.3, 0.4) is 0 Å². The third-order valence-electron chi connectivity index (χ3n) is 15.3. The first-order chi connectivity index (χ1) is 37.9. The summed E-state index contributed by atoms with van der Waals surface area (Å²) in [6.07, 6.45) is 9.25. The number of piperidine rings is 1. The molecule has 79 heavy (non-hydrogen) atoms. The number of H-pyrrole nitrogens is 1. The maximum Gasteiger partial charge on any atom is 0.254 e. The fourth-order valence-electron chi connectivity index (χ4n) is 10.6. The Hall–Kier alpha value is -7.63. The molecule has 3 saturated heterocycles. The highest BCUT2D eigenvalue weighted by Crippen LogP contribution is 2.41. The molecule has 21 nitrogen and oxygen atoms in total. The number of aromatic amines is 1. The highest BCUT2D eigenvalue weighted by Gasteiger charge is 2.44. The van der Waals surface area contributed by atoms with Crippen molar-refractivity contribution in [2.75, 3.05) is 57.7 Å². The summed E-state index contributed by atoms with van der Waals surface area (Å²) in [5, 5.41) is 29.5. The first kappa shape index (κ1) is 54.7. The van der Waals surface area contributed by atoms with Crippen molar-refractivity contribution in [3.63, 3.8) is 0 Å². The molecule has 0 bridgehead atoms. The van der Waals surface area contributed by atoms with Gasteiger partial charge in [0, 0.05) is 107 Å². The van der Waals surface area contributed by atoms with Crippen molar-refractivity contribution in [2.45, 2.75) is 109 Å². The van der Waals surface area contributed by atoms with Gasteiger partial charge in [-0.3, -0.25) is 43.2 Å². The molecule has 3 aliphatic heterocycles. The van der Waals surface area contributed by atoms with Crippen LogP contribution in [0.2, 0.25) is 0 Å². The Labute approximate surface area is 460 Å². The van der Waals surface area contributed by atoms with Crippen molar-refractivity contribution >= 4 is 63.9 Å². The summed E-state index contributed by atoms with van der Waals surface area (Å²) in [4.78, 5) is 103. The van der Waals surface area contributed by atoms with Crippen LogP contribution < -0.4 is 21.3 Å². The van der Waals surface area contributed by atoms with Crippen LogP contribution in [0.4, 0.5) is 15.9 Å². The number of hydrogen-bond donors (Lipinski definition) is 6. The number of benzene rings is 2. The van der Waals surface area contributed by atoms with Gasteiger partial charge in [-0.25, -0.2) is 19.3 Å². The fourth-order valence-corrected chi connectivity index (χ4v) is 11.4. The van der Waals surface area contributed by atoms with E-state index < -0.39 is 47.1 Å². The third-order valence-corrected chi connectivity index (χ3v) is 16.3. The van der Waals surface area contributed by atoms with Crippen molar-refractivity contribution in [2.24, 2.45) is 5.41 Å². The van der Waals surface area contributed by atoms with Gasteiger partial charge in [-0.05, 0) is 67.3 Å². The number of carbonyl (C=O) groups excluding carboxylic acids is 6. The van der Waals surface area contributed by atoms with Crippen molar-refractivity contribution in [3.8, 4) is 21.7 Å². The topological polar surface area (TPSA) is 255 Å². The van der Waals surface area contributed by atoms with E-state index in [2.05, 4.69) is 41.4 Å². The summed E-state index contributed by atoms with van der Waals surface area (Å²) >= 11 is 1.56. The van der Waals surface area contributed by atoms with Crippen molar-refractivity contribution < 1.29 is 38.3 Å². The number of β-amino-alcohol motifs (C(OH)–C–C–N with tert-alkyl or cyclic N) is 1. The number of rotatable bonds is 17. The molecule has 7 heterocycles. The summed E-state index contributed by atoms with van der Waals surface area (Å²) in [6, 6.07) is 10.1. The molecule has 1 aliphatic carbocycles. The van der Waals surface area contributed by atoms with Crippen molar-refractivity contribution in [3.05, 3.63) is 101 Å². The zero-order valence-electron chi connectivity index (χ0n) is 44.8. The largest absolute Gasteiger partial charge is 0.391 e. The van der Waals surface area contributed by atoms with Crippen LogP contribution in [0.15, 0.2) is 72.8 Å². The van der Waals surface area contributed by atoms with Gasteiger partial charge in [-0.2, -0.15) is 5.10 Å². The van der Waals surface area contributed by atoms with Gasteiger partial charge in [0.05, 0.1) is 58.2 Å². The van der Waals surface area contributed by atoms with Gasteiger partial charge < -0.3 is 41.1 Å². The highest BCUT2D eigenvalue weighted by atomic mass is 32.1. The van der Waals surface area contributed by atoms with Crippen LogP contribution in [0, 0.1) is 18.2 Å². The third kappa shape index (κ3) is 12.8. The Morgan fingerprint density at radius 1 is 0.886 bits per heavy atom. The fraction of sp³-hybridized carbons (Fsp3) is 0.464. The monoisotopic (exact) mass is 1100 g/mol. The summed E-state index contributed by atoms with van der Waals surface area (Å²) in [6.45, 7) is 10.1. The van der Waals surface area contributed by atoms with E-state index in [0.717, 1.165) is 51.5 Å². The van der Waals surface area contributed by atoms with E-state index in [1.54, 1.807) is 51.3 Å². The van der Waals surface area contributed by atoms with Gasteiger partial charge in [0.25, 0.3) is 5.91 Å². The molecular weight excluding hydrogens is 1030 g/mol. The molecule has 4 fully saturated rings. The number of amides is 6. The molecule has 0 spiro atoms. The standard InChI is InChI=1S/C56H67FN14O7S/c1-33-49(79-32-60-33)36-7-5-34(6-8-36)25-59-53(76)44-24-40(72)29-71(44)55(78)50(56(2,3)4)66-46(73)13-14-48(75)68-17-15-39(16-18-68)63-47(74)31-67-19-21-69(22-20-67)54(77)37-11-12-42(41(57)23-37)64-51-52-58-28-45(38-26-61-62-27-38)70(52)30-43(65-51)35-9-10-35/h5-8,11-12,23,26-28,30,32,35,39-40,44,50,72H,9-10,13-22,24-25,29,31H2,1-4H3,(H,59,76)(H,61,62)(H,63,74)(H,64,65)(H,66,73)/t40-,44+,50-/m1/s1. The maximum atomic E-state index is 15.7. The van der Waals surface area contributed by atoms with Crippen LogP contribution in [0.25, 0.3) is 27.3 Å². The van der Waals surface area contributed by atoms with E-state index >= 15 is 4.39 Å². The Morgan fingerprint density at radius 3 is 2.32 bits per heavy atom. The highest BCUT2D eigenvalue weighted by molar-refractivity contribution is 7.13.